The van der Waals surface area contributed by atoms with E-state index in [-0.39, 0.29) is 17.5 Å². The molecule has 1 N–H and O–H groups in total. The number of anilines is 1. The molecule has 28 heavy (non-hydrogen) atoms. The molecule has 7 nitrogen and oxygen atoms in total. The fraction of sp³-hybridized carbons (Fsp3) is 0.474. The van der Waals surface area contributed by atoms with E-state index in [0.29, 0.717) is 12.8 Å². The number of esters is 1. The van der Waals surface area contributed by atoms with E-state index in [0.717, 1.165) is 35.9 Å². The van der Waals surface area contributed by atoms with Gasteiger partial charge in [0.1, 0.15) is 17.7 Å². The number of carbonyl (C=O) groups is 4. The number of amides is 3. The van der Waals surface area contributed by atoms with Crippen LogP contribution in [0.1, 0.15) is 32.6 Å². The number of likely N-dealkylation sites (tertiary alicyclic amines) is 1. The molecular formula is C19H20F2N2O5. The van der Waals surface area contributed by atoms with Gasteiger partial charge in [0.05, 0.1) is 17.5 Å². The van der Waals surface area contributed by atoms with Crippen LogP contribution in [-0.4, -0.2) is 41.2 Å². The second kappa shape index (κ2) is 8.04. The highest BCUT2D eigenvalue weighted by molar-refractivity contribution is 6.08. The maximum absolute atomic E-state index is 13.5. The molecule has 1 aromatic carbocycles. The highest BCUT2D eigenvalue weighted by atomic mass is 19.1. The molecule has 150 valence electrons. The summed E-state index contributed by atoms with van der Waals surface area (Å²) in [4.78, 5) is 50.0. The van der Waals surface area contributed by atoms with E-state index in [9.17, 15) is 28.0 Å². The third kappa shape index (κ3) is 3.88. The maximum atomic E-state index is 13.5. The first kappa shape index (κ1) is 19.9. The summed E-state index contributed by atoms with van der Waals surface area (Å²) in [6.45, 7) is 0.599. The largest absolute Gasteiger partial charge is 0.454 e. The average molecular weight is 394 g/mol. The van der Waals surface area contributed by atoms with Gasteiger partial charge in [0.2, 0.25) is 11.8 Å². The zero-order chi connectivity index (χ0) is 20.4. The van der Waals surface area contributed by atoms with Crippen molar-refractivity contribution in [2.45, 2.75) is 38.6 Å². The number of nitrogens with zero attached hydrogens (tertiary/aromatic N) is 1. The highest BCUT2D eigenvalue weighted by Crippen LogP contribution is 2.38. The second-order valence-corrected chi connectivity index (χ2v) is 7.00. The molecule has 2 fully saturated rings. The first-order valence-corrected chi connectivity index (χ1v) is 9.08. The predicted molar refractivity (Wildman–Crippen MR) is 92.7 cm³/mol. The minimum absolute atomic E-state index is 0.384. The topological polar surface area (TPSA) is 92.8 Å². The van der Waals surface area contributed by atoms with Crippen molar-refractivity contribution in [3.05, 3.63) is 29.8 Å². The van der Waals surface area contributed by atoms with Gasteiger partial charge in [0, 0.05) is 6.07 Å². The number of hydrogen-bond donors (Lipinski definition) is 1. The molecule has 0 radical (unpaired) electrons. The van der Waals surface area contributed by atoms with Gasteiger partial charge in [0.15, 0.2) is 6.61 Å². The van der Waals surface area contributed by atoms with Crippen molar-refractivity contribution in [1.29, 1.82) is 0 Å². The SMILES string of the molecule is C[C@@H](C(=O)OCC(=O)Nc1cc(F)ccc1F)N1C(=O)[C@H]2CCCC[C@H]2C1=O. The molecule has 3 amide bonds. The number of nitrogens with one attached hydrogen (secondary N) is 1. The molecule has 0 spiro atoms. The van der Waals surface area contributed by atoms with Gasteiger partial charge in [0.25, 0.3) is 5.91 Å². The Morgan fingerprint density at radius 1 is 1.18 bits per heavy atom. The van der Waals surface area contributed by atoms with Gasteiger partial charge in [-0.2, -0.15) is 0 Å². The molecule has 0 unspecified atom stereocenters. The fourth-order valence-corrected chi connectivity index (χ4v) is 3.71. The Bertz CT molecular complexity index is 805. The van der Waals surface area contributed by atoms with Crippen LogP contribution in [0.4, 0.5) is 14.5 Å². The molecule has 1 aromatic rings. The first-order valence-electron chi connectivity index (χ1n) is 9.08. The van der Waals surface area contributed by atoms with Gasteiger partial charge < -0.3 is 10.1 Å². The summed E-state index contributed by atoms with van der Waals surface area (Å²) in [5.41, 5.74) is -0.386. The lowest BCUT2D eigenvalue weighted by Gasteiger charge is -2.21. The highest BCUT2D eigenvalue weighted by Gasteiger charge is 2.51. The Morgan fingerprint density at radius 3 is 2.39 bits per heavy atom. The van der Waals surface area contributed by atoms with E-state index in [4.69, 9.17) is 4.74 Å². The summed E-state index contributed by atoms with van der Waals surface area (Å²) in [5, 5.41) is 2.09. The Kier molecular flexibility index (Phi) is 5.71. The molecule has 1 saturated carbocycles. The zero-order valence-electron chi connectivity index (χ0n) is 15.2. The van der Waals surface area contributed by atoms with Crippen LogP contribution in [0, 0.1) is 23.5 Å². The van der Waals surface area contributed by atoms with Crippen LogP contribution in [0.2, 0.25) is 0 Å². The van der Waals surface area contributed by atoms with Gasteiger partial charge >= 0.3 is 5.97 Å². The summed E-state index contributed by atoms with van der Waals surface area (Å²) in [6, 6.07) is 1.38. The van der Waals surface area contributed by atoms with E-state index < -0.39 is 48.0 Å². The third-order valence-corrected chi connectivity index (χ3v) is 5.15. The predicted octanol–water partition coefficient (Wildman–Crippen LogP) is 2.01. The van der Waals surface area contributed by atoms with Gasteiger partial charge in [-0.1, -0.05) is 12.8 Å². The third-order valence-electron chi connectivity index (χ3n) is 5.15. The Hall–Kier alpha value is -2.84. The van der Waals surface area contributed by atoms with Gasteiger partial charge in [-0.25, -0.2) is 13.6 Å². The summed E-state index contributed by atoms with van der Waals surface area (Å²) >= 11 is 0. The van der Waals surface area contributed by atoms with Crippen molar-refractivity contribution < 1.29 is 32.7 Å². The first-order chi connectivity index (χ1) is 13.3. The lowest BCUT2D eigenvalue weighted by atomic mass is 9.81. The quantitative estimate of drug-likeness (QED) is 0.609. The standard InChI is InChI=1S/C19H20F2N2O5/c1-10(23-17(25)12-4-2-3-5-13(12)18(23)26)19(27)28-9-16(24)22-15-8-11(20)6-7-14(15)21/h6-8,10,12-13H,2-5,9H2,1H3,(H,22,24)/t10-,12-,13+/m0/s1. The Balaban J connectivity index is 1.57. The lowest BCUT2D eigenvalue weighted by molar-refractivity contribution is -0.159. The molecule has 1 aliphatic carbocycles. The van der Waals surface area contributed by atoms with E-state index in [1.54, 1.807) is 0 Å². The lowest BCUT2D eigenvalue weighted by Crippen LogP contribution is -2.45. The van der Waals surface area contributed by atoms with Gasteiger partial charge in [-0.05, 0) is 31.9 Å². The molecule has 0 bridgehead atoms. The van der Waals surface area contributed by atoms with Crippen LogP contribution < -0.4 is 5.32 Å². The molecular weight excluding hydrogens is 374 g/mol. The van der Waals surface area contributed by atoms with Crippen LogP contribution in [0.25, 0.3) is 0 Å². The number of ether oxygens (including phenoxy) is 1. The number of benzene rings is 1. The normalized spacial score (nSPS) is 22.6. The van der Waals surface area contributed by atoms with Gasteiger partial charge in [-0.15, -0.1) is 0 Å². The van der Waals surface area contributed by atoms with Crippen LogP contribution in [0.15, 0.2) is 18.2 Å². The molecule has 1 saturated heterocycles. The molecule has 3 atom stereocenters. The van der Waals surface area contributed by atoms with E-state index in [2.05, 4.69) is 5.32 Å². The van der Waals surface area contributed by atoms with Crippen molar-refractivity contribution in [3.63, 3.8) is 0 Å². The van der Waals surface area contributed by atoms with Crippen LogP contribution in [0.3, 0.4) is 0 Å². The molecule has 3 rings (SSSR count). The molecule has 9 heteroatoms. The molecule has 2 aliphatic rings. The summed E-state index contributed by atoms with van der Waals surface area (Å²) in [5.74, 6) is -4.93. The number of rotatable bonds is 5. The van der Waals surface area contributed by atoms with Crippen molar-refractivity contribution in [2.24, 2.45) is 11.8 Å². The van der Waals surface area contributed by atoms with Gasteiger partial charge in [-0.3, -0.25) is 19.3 Å². The molecule has 0 aromatic heterocycles. The number of halogens is 2. The fourth-order valence-electron chi connectivity index (χ4n) is 3.71. The van der Waals surface area contributed by atoms with Crippen molar-refractivity contribution >= 4 is 29.4 Å². The molecule has 1 heterocycles. The van der Waals surface area contributed by atoms with E-state index >= 15 is 0 Å². The number of carbonyl (C=O) groups excluding carboxylic acids is 4. The smallest absolute Gasteiger partial charge is 0.329 e. The maximum Gasteiger partial charge on any atom is 0.329 e. The number of fused-ring (bicyclic) bond motifs is 1. The van der Waals surface area contributed by atoms with Crippen molar-refractivity contribution in [2.75, 3.05) is 11.9 Å². The number of hydrogen-bond acceptors (Lipinski definition) is 5. The van der Waals surface area contributed by atoms with Crippen molar-refractivity contribution in [3.8, 4) is 0 Å². The monoisotopic (exact) mass is 394 g/mol. The Morgan fingerprint density at radius 2 is 1.79 bits per heavy atom. The minimum atomic E-state index is -1.16. The van der Waals surface area contributed by atoms with Crippen LogP contribution in [-0.2, 0) is 23.9 Å². The zero-order valence-corrected chi connectivity index (χ0v) is 15.2. The summed E-state index contributed by atoms with van der Waals surface area (Å²) in [6.07, 6.45) is 2.97. The number of imide groups is 1. The van der Waals surface area contributed by atoms with Crippen molar-refractivity contribution in [1.82, 2.24) is 4.90 Å². The average Bonchev–Trinajstić information content (AvgIpc) is 2.93. The summed E-state index contributed by atoms with van der Waals surface area (Å²) in [7, 11) is 0. The Labute approximate surface area is 160 Å². The van der Waals surface area contributed by atoms with E-state index in [1.165, 1.54) is 6.92 Å². The minimum Gasteiger partial charge on any atom is -0.454 e. The van der Waals surface area contributed by atoms with Crippen LogP contribution >= 0.6 is 0 Å². The second-order valence-electron chi connectivity index (χ2n) is 7.00. The summed E-state index contributed by atoms with van der Waals surface area (Å²) < 4.78 is 31.5. The van der Waals surface area contributed by atoms with Crippen LogP contribution in [0.5, 0.6) is 0 Å². The van der Waals surface area contributed by atoms with E-state index in [1.807, 2.05) is 0 Å². The molecule has 1 aliphatic heterocycles.